The highest BCUT2D eigenvalue weighted by Crippen LogP contribution is 2.44. The predicted molar refractivity (Wildman–Crippen MR) is 116 cm³/mol. The Morgan fingerprint density at radius 1 is 1.17 bits per heavy atom. The second-order valence-corrected chi connectivity index (χ2v) is 9.10. The lowest BCUT2D eigenvalue weighted by molar-refractivity contribution is 0.0393. The van der Waals surface area contributed by atoms with E-state index in [1.165, 1.54) is 32.1 Å². The van der Waals surface area contributed by atoms with Crippen molar-refractivity contribution in [2.45, 2.75) is 51.6 Å². The molecule has 29 heavy (non-hydrogen) atoms. The molecule has 0 saturated heterocycles. The average Bonchev–Trinajstić information content (AvgIpc) is 3.05. The van der Waals surface area contributed by atoms with Crippen molar-refractivity contribution in [3.05, 3.63) is 62.8 Å². The Balaban J connectivity index is 1.49. The van der Waals surface area contributed by atoms with E-state index in [-0.39, 0.29) is 5.78 Å². The Morgan fingerprint density at radius 3 is 2.79 bits per heavy atom. The second kappa shape index (κ2) is 7.62. The van der Waals surface area contributed by atoms with Gasteiger partial charge in [-0.2, -0.15) is 0 Å². The van der Waals surface area contributed by atoms with Crippen LogP contribution in [0.1, 0.15) is 59.2 Å². The van der Waals surface area contributed by atoms with Gasteiger partial charge in [0.25, 0.3) is 0 Å². The molecule has 0 N–H and O–H groups in total. The van der Waals surface area contributed by atoms with E-state index in [1.807, 2.05) is 43.3 Å². The first-order valence-electron chi connectivity index (χ1n) is 10.3. The Kier molecular flexibility index (Phi) is 4.96. The maximum Gasteiger partial charge on any atom is 0.232 e. The number of allylic oxidation sites excluding steroid dienone is 1. The van der Waals surface area contributed by atoms with Gasteiger partial charge in [-0.1, -0.05) is 47.3 Å². The molecule has 1 fully saturated rings. The monoisotopic (exact) mass is 453 g/mol. The average molecular weight is 454 g/mol. The first kappa shape index (κ1) is 18.9. The number of hydrogen-bond donors (Lipinski definition) is 0. The second-order valence-electron chi connectivity index (χ2n) is 8.18. The van der Waals surface area contributed by atoms with Crippen LogP contribution in [0.25, 0.3) is 6.08 Å². The first-order valence-corrected chi connectivity index (χ1v) is 11.1. The Morgan fingerprint density at radius 2 is 2.00 bits per heavy atom. The summed E-state index contributed by atoms with van der Waals surface area (Å²) in [5, 5.41) is 0. The molecule has 2 aromatic carbocycles. The number of benzene rings is 2. The lowest BCUT2D eigenvalue weighted by atomic mass is 9.93. The number of fused-ring (bicyclic) bond motifs is 3. The highest BCUT2D eigenvalue weighted by atomic mass is 79.9. The topological polar surface area (TPSA) is 38.8 Å². The van der Waals surface area contributed by atoms with Gasteiger partial charge < -0.3 is 9.47 Å². The van der Waals surface area contributed by atoms with Gasteiger partial charge in [0.15, 0.2) is 5.76 Å². The quantitative estimate of drug-likeness (QED) is 0.533. The number of halogens is 1. The summed E-state index contributed by atoms with van der Waals surface area (Å²) >= 11 is 3.48. The van der Waals surface area contributed by atoms with E-state index in [1.54, 1.807) is 0 Å². The zero-order valence-electron chi connectivity index (χ0n) is 16.5. The van der Waals surface area contributed by atoms with Crippen LogP contribution in [0.2, 0.25) is 0 Å². The Hall–Kier alpha value is -2.11. The highest BCUT2D eigenvalue weighted by molar-refractivity contribution is 9.10. The van der Waals surface area contributed by atoms with Gasteiger partial charge in [-0.25, -0.2) is 0 Å². The third-order valence-corrected chi connectivity index (χ3v) is 6.68. The van der Waals surface area contributed by atoms with E-state index in [9.17, 15) is 4.79 Å². The number of carbonyl (C=O) groups is 1. The van der Waals surface area contributed by atoms with Gasteiger partial charge in [-0.05, 0) is 55.2 Å². The summed E-state index contributed by atoms with van der Waals surface area (Å²) in [6.45, 7) is 3.35. The normalized spacial score (nSPS) is 20.9. The Labute approximate surface area is 179 Å². The minimum absolute atomic E-state index is 0.0462. The molecule has 0 spiro atoms. The van der Waals surface area contributed by atoms with Crippen molar-refractivity contribution in [1.82, 2.24) is 4.90 Å². The van der Waals surface area contributed by atoms with Crippen LogP contribution in [0.4, 0.5) is 0 Å². The minimum atomic E-state index is -0.0462. The van der Waals surface area contributed by atoms with Gasteiger partial charge >= 0.3 is 0 Å². The molecule has 150 valence electrons. The Bertz CT molecular complexity index is 1010. The molecule has 2 aliphatic heterocycles. The van der Waals surface area contributed by atoms with Crippen LogP contribution < -0.4 is 9.47 Å². The van der Waals surface area contributed by atoms with E-state index < -0.39 is 0 Å². The number of Topliss-reactive ketones (excluding diaryl/α,β-unsaturated/α-hetero) is 1. The van der Waals surface area contributed by atoms with E-state index in [2.05, 4.69) is 20.8 Å². The summed E-state index contributed by atoms with van der Waals surface area (Å²) in [5.41, 5.74) is 3.53. The van der Waals surface area contributed by atoms with Crippen LogP contribution in [0.15, 0.2) is 40.6 Å². The van der Waals surface area contributed by atoms with Crippen molar-refractivity contribution in [2.24, 2.45) is 0 Å². The fraction of sp³-hybridized carbons (Fsp3) is 0.375. The summed E-state index contributed by atoms with van der Waals surface area (Å²) in [6.07, 6.45) is 8.17. The van der Waals surface area contributed by atoms with Crippen LogP contribution in [0.3, 0.4) is 0 Å². The first-order chi connectivity index (χ1) is 14.1. The molecule has 0 atom stereocenters. The molecule has 1 aliphatic carbocycles. The van der Waals surface area contributed by atoms with E-state index >= 15 is 0 Å². The van der Waals surface area contributed by atoms with Crippen LogP contribution in [0.5, 0.6) is 11.5 Å². The molecular weight excluding hydrogens is 430 g/mol. The van der Waals surface area contributed by atoms with Crippen LogP contribution >= 0.6 is 15.9 Å². The zero-order valence-corrected chi connectivity index (χ0v) is 18.1. The minimum Gasteiger partial charge on any atom is -0.478 e. The van der Waals surface area contributed by atoms with Crippen molar-refractivity contribution in [3.63, 3.8) is 0 Å². The van der Waals surface area contributed by atoms with Crippen molar-refractivity contribution in [1.29, 1.82) is 0 Å². The van der Waals surface area contributed by atoms with Gasteiger partial charge in [0.05, 0.1) is 11.1 Å². The molecule has 0 unspecified atom stereocenters. The van der Waals surface area contributed by atoms with Crippen molar-refractivity contribution in [3.8, 4) is 11.5 Å². The maximum absolute atomic E-state index is 13.1. The van der Waals surface area contributed by atoms with Gasteiger partial charge in [0, 0.05) is 17.1 Å². The highest BCUT2D eigenvalue weighted by Gasteiger charge is 2.36. The van der Waals surface area contributed by atoms with Crippen LogP contribution in [-0.4, -0.2) is 23.5 Å². The van der Waals surface area contributed by atoms with Crippen molar-refractivity contribution in [2.75, 3.05) is 6.73 Å². The maximum atomic E-state index is 13.1. The molecule has 0 bridgehead atoms. The third-order valence-electron chi connectivity index (χ3n) is 6.19. The number of carbonyl (C=O) groups excluding carboxylic acids is 1. The molecular formula is C24H24BrNO3. The number of ether oxygens (including phenoxy) is 2. The van der Waals surface area contributed by atoms with Crippen LogP contribution in [-0.2, 0) is 6.54 Å². The lowest BCUT2D eigenvalue weighted by Crippen LogP contribution is -2.41. The van der Waals surface area contributed by atoms with Gasteiger partial charge in [-0.15, -0.1) is 0 Å². The van der Waals surface area contributed by atoms with E-state index in [0.29, 0.717) is 29.8 Å². The fourth-order valence-corrected chi connectivity index (χ4v) is 5.09. The number of rotatable bonds is 2. The largest absolute Gasteiger partial charge is 0.478 e. The molecule has 0 aromatic heterocycles. The number of ketones is 1. The van der Waals surface area contributed by atoms with Crippen LogP contribution in [0, 0.1) is 6.92 Å². The smallest absolute Gasteiger partial charge is 0.232 e. The summed E-state index contributed by atoms with van der Waals surface area (Å²) in [7, 11) is 0. The lowest BCUT2D eigenvalue weighted by Gasteiger charge is -2.37. The molecule has 2 aromatic rings. The number of nitrogens with zero attached hydrogens (tertiary/aromatic N) is 1. The fourth-order valence-electron chi connectivity index (χ4n) is 4.68. The summed E-state index contributed by atoms with van der Waals surface area (Å²) in [5.74, 6) is 1.87. The molecule has 2 heterocycles. The third kappa shape index (κ3) is 3.51. The molecule has 0 radical (unpaired) electrons. The predicted octanol–water partition coefficient (Wildman–Crippen LogP) is 5.86. The number of aryl methyl sites for hydroxylation is 1. The SMILES string of the molecule is Cc1cc2c(c3c1C(=O)/C(=C/c1cccc(Br)c1)O3)CN(C1CCCCC1)CO2. The zero-order chi connectivity index (χ0) is 20.0. The molecule has 5 heteroatoms. The van der Waals surface area contributed by atoms with E-state index in [4.69, 9.17) is 9.47 Å². The summed E-state index contributed by atoms with van der Waals surface area (Å²) in [6, 6.07) is 10.4. The molecule has 5 rings (SSSR count). The standard InChI is InChI=1S/C24H24BrNO3/c1-15-10-20-19(13-26(14-28-20)18-8-3-2-4-9-18)24-22(15)23(27)21(29-24)12-16-6-5-7-17(25)11-16/h5-7,10-12,18H,2-4,8-9,13-14H2,1H3/b21-12-. The molecule has 0 amide bonds. The summed E-state index contributed by atoms with van der Waals surface area (Å²) < 4.78 is 13.2. The number of hydrogen-bond acceptors (Lipinski definition) is 4. The van der Waals surface area contributed by atoms with Crippen molar-refractivity contribution >= 4 is 27.8 Å². The van der Waals surface area contributed by atoms with Gasteiger partial charge in [0.2, 0.25) is 5.78 Å². The summed E-state index contributed by atoms with van der Waals surface area (Å²) in [4.78, 5) is 15.5. The molecule has 1 saturated carbocycles. The van der Waals surface area contributed by atoms with Gasteiger partial charge in [-0.3, -0.25) is 9.69 Å². The van der Waals surface area contributed by atoms with E-state index in [0.717, 1.165) is 33.5 Å². The van der Waals surface area contributed by atoms with Gasteiger partial charge in [0.1, 0.15) is 18.2 Å². The van der Waals surface area contributed by atoms with Crippen molar-refractivity contribution < 1.29 is 14.3 Å². The molecule has 4 nitrogen and oxygen atoms in total. The molecule has 3 aliphatic rings.